The molecule has 0 fully saturated rings. The van der Waals surface area contributed by atoms with Crippen LogP contribution in [-0.2, 0) is 13.5 Å². The number of hydrogen-bond acceptors (Lipinski definition) is 2. The molecule has 27 heavy (non-hydrogen) atoms. The number of para-hydroxylation sites is 2. The van der Waals surface area contributed by atoms with Crippen LogP contribution in [0.4, 0.5) is 11.4 Å². The summed E-state index contributed by atoms with van der Waals surface area (Å²) in [4.78, 5) is 15.2. The van der Waals surface area contributed by atoms with E-state index in [2.05, 4.69) is 29.3 Å². The van der Waals surface area contributed by atoms with E-state index in [9.17, 15) is 4.79 Å². The van der Waals surface area contributed by atoms with Gasteiger partial charge in [0.05, 0.1) is 11.4 Å². The second-order valence-electron chi connectivity index (χ2n) is 6.92. The molecule has 0 amide bonds. The van der Waals surface area contributed by atoms with Crippen LogP contribution < -0.4 is 15.8 Å². The van der Waals surface area contributed by atoms with Crippen molar-refractivity contribution in [2.24, 2.45) is 7.05 Å². The lowest BCUT2D eigenvalue weighted by molar-refractivity contribution is 0.630. The molecule has 0 saturated heterocycles. The van der Waals surface area contributed by atoms with Crippen LogP contribution in [0.3, 0.4) is 0 Å². The van der Waals surface area contributed by atoms with Crippen molar-refractivity contribution in [1.82, 2.24) is 9.36 Å². The number of rotatable bonds is 2. The van der Waals surface area contributed by atoms with Gasteiger partial charge in [0, 0.05) is 18.8 Å². The molecule has 5 nitrogen and oxygen atoms in total. The molecule has 1 aliphatic rings. The van der Waals surface area contributed by atoms with Gasteiger partial charge >= 0.3 is 0 Å². The lowest BCUT2D eigenvalue weighted by Crippen LogP contribution is -2.39. The summed E-state index contributed by atoms with van der Waals surface area (Å²) in [7, 11) is 1.88. The fourth-order valence-corrected chi connectivity index (χ4v) is 4.13. The van der Waals surface area contributed by atoms with E-state index in [0.717, 1.165) is 23.5 Å². The van der Waals surface area contributed by atoms with Crippen molar-refractivity contribution in [2.75, 3.05) is 10.2 Å². The van der Waals surface area contributed by atoms with Gasteiger partial charge in [0.2, 0.25) is 0 Å². The Morgan fingerprint density at radius 3 is 2.52 bits per heavy atom. The van der Waals surface area contributed by atoms with Gasteiger partial charge in [-0.1, -0.05) is 36.4 Å². The lowest BCUT2D eigenvalue weighted by atomic mass is 10.1. The first-order valence-electron chi connectivity index (χ1n) is 9.01. The fraction of sp³-hybridized carbons (Fsp3) is 0.238. The molecule has 1 aromatic heterocycles. The number of thiocarbonyl (C=S) groups is 1. The maximum atomic E-state index is 13.1. The number of hydrogen-bond donors (Lipinski definition) is 1. The van der Waals surface area contributed by atoms with Gasteiger partial charge in [-0.15, -0.1) is 0 Å². The first-order chi connectivity index (χ1) is 13.0. The largest absolute Gasteiger partial charge is 0.326 e. The average Bonchev–Trinajstić information content (AvgIpc) is 3.11. The molecule has 2 aromatic carbocycles. The van der Waals surface area contributed by atoms with Crippen molar-refractivity contribution in [3.05, 3.63) is 76.2 Å². The van der Waals surface area contributed by atoms with Crippen LogP contribution in [0.5, 0.6) is 0 Å². The number of nitrogens with zero attached hydrogens (tertiary/aromatic N) is 3. The summed E-state index contributed by atoms with van der Waals surface area (Å²) in [6.07, 6.45) is 0.944. The van der Waals surface area contributed by atoms with E-state index in [0.29, 0.717) is 10.8 Å². The van der Waals surface area contributed by atoms with E-state index < -0.39 is 0 Å². The summed E-state index contributed by atoms with van der Waals surface area (Å²) in [6, 6.07) is 18.1. The molecular formula is C21H22N4OS. The highest BCUT2D eigenvalue weighted by atomic mass is 32.1. The van der Waals surface area contributed by atoms with Gasteiger partial charge in [-0.2, -0.15) is 0 Å². The van der Waals surface area contributed by atoms with E-state index in [4.69, 9.17) is 12.2 Å². The Hall–Kier alpha value is -2.86. The Balaban J connectivity index is 1.70. The van der Waals surface area contributed by atoms with Crippen molar-refractivity contribution in [3.63, 3.8) is 0 Å². The summed E-state index contributed by atoms with van der Waals surface area (Å²) in [5, 5.41) is 3.78. The Morgan fingerprint density at radius 2 is 1.78 bits per heavy atom. The maximum absolute atomic E-state index is 13.1. The molecule has 0 bridgehead atoms. The number of anilines is 2. The molecule has 0 spiro atoms. The average molecular weight is 379 g/mol. The van der Waals surface area contributed by atoms with Gasteiger partial charge in [-0.25, -0.2) is 4.68 Å². The molecule has 1 aliphatic heterocycles. The lowest BCUT2D eigenvalue weighted by Gasteiger charge is -2.25. The second kappa shape index (κ2) is 6.70. The number of fused-ring (bicyclic) bond motifs is 1. The van der Waals surface area contributed by atoms with Crippen LogP contribution in [-0.4, -0.2) is 20.5 Å². The third-order valence-electron chi connectivity index (χ3n) is 5.21. The highest BCUT2D eigenvalue weighted by molar-refractivity contribution is 7.80. The molecule has 138 valence electrons. The van der Waals surface area contributed by atoms with Crippen molar-refractivity contribution < 1.29 is 0 Å². The van der Waals surface area contributed by atoms with Gasteiger partial charge in [0.25, 0.3) is 5.56 Å². The van der Waals surface area contributed by atoms with Gasteiger partial charge in [-0.05, 0) is 56.2 Å². The van der Waals surface area contributed by atoms with E-state index in [1.807, 2.05) is 61.1 Å². The van der Waals surface area contributed by atoms with Crippen LogP contribution in [0.25, 0.3) is 5.69 Å². The fourth-order valence-electron chi connectivity index (χ4n) is 3.75. The number of aromatic nitrogens is 2. The second-order valence-corrected chi connectivity index (χ2v) is 7.31. The maximum Gasteiger partial charge on any atom is 0.295 e. The molecule has 0 saturated carbocycles. The smallest absolute Gasteiger partial charge is 0.295 e. The molecule has 4 rings (SSSR count). The van der Waals surface area contributed by atoms with Crippen LogP contribution in [0.1, 0.15) is 18.2 Å². The predicted octanol–water partition coefficient (Wildman–Crippen LogP) is 3.63. The zero-order chi connectivity index (χ0) is 19.1. The number of benzene rings is 2. The third-order valence-corrected chi connectivity index (χ3v) is 5.51. The van der Waals surface area contributed by atoms with Gasteiger partial charge < -0.3 is 10.2 Å². The van der Waals surface area contributed by atoms with Gasteiger partial charge in [0.15, 0.2) is 5.11 Å². The van der Waals surface area contributed by atoms with Crippen LogP contribution in [0.2, 0.25) is 0 Å². The van der Waals surface area contributed by atoms with Crippen LogP contribution in [0, 0.1) is 6.92 Å². The van der Waals surface area contributed by atoms with Crippen molar-refractivity contribution in [3.8, 4) is 5.69 Å². The molecule has 0 radical (unpaired) electrons. The van der Waals surface area contributed by atoms with E-state index in [1.54, 1.807) is 4.68 Å². The van der Waals surface area contributed by atoms with E-state index in [-0.39, 0.29) is 11.6 Å². The highest BCUT2D eigenvalue weighted by Crippen LogP contribution is 2.32. The first kappa shape index (κ1) is 17.5. The molecular weight excluding hydrogens is 356 g/mol. The monoisotopic (exact) mass is 378 g/mol. The molecule has 3 aromatic rings. The minimum Gasteiger partial charge on any atom is -0.326 e. The minimum absolute atomic E-state index is 0.108. The first-order valence-corrected chi connectivity index (χ1v) is 9.42. The summed E-state index contributed by atoms with van der Waals surface area (Å²) >= 11 is 5.69. The van der Waals surface area contributed by atoms with Gasteiger partial charge in [0.1, 0.15) is 5.69 Å². The molecule has 2 heterocycles. The van der Waals surface area contributed by atoms with E-state index in [1.165, 1.54) is 5.56 Å². The summed E-state index contributed by atoms with van der Waals surface area (Å²) < 4.78 is 3.51. The third kappa shape index (κ3) is 2.86. The normalized spacial score (nSPS) is 15.7. The Labute approximate surface area is 163 Å². The van der Waals surface area contributed by atoms with Crippen LogP contribution in [0.15, 0.2) is 59.4 Å². The highest BCUT2D eigenvalue weighted by Gasteiger charge is 2.29. The number of nitrogens with one attached hydrogen (secondary N) is 1. The summed E-state index contributed by atoms with van der Waals surface area (Å²) in [5.74, 6) is 0. The molecule has 0 unspecified atom stereocenters. The zero-order valence-electron chi connectivity index (χ0n) is 15.6. The minimum atomic E-state index is -0.108. The quantitative estimate of drug-likeness (QED) is 0.692. The standard InChI is InChI=1S/C21H22N4OS/c1-14-13-16-9-7-8-12-18(16)24(14)21(27)22-19-15(2)23(3)25(20(19)26)17-10-5-4-6-11-17/h4-12,14H,13H2,1-3H3,(H,22,27)/t14-/m0/s1. The summed E-state index contributed by atoms with van der Waals surface area (Å²) in [5.41, 5.74) is 4.46. The van der Waals surface area contributed by atoms with Crippen molar-refractivity contribution >= 4 is 28.7 Å². The van der Waals surface area contributed by atoms with Crippen molar-refractivity contribution in [1.29, 1.82) is 0 Å². The SMILES string of the molecule is Cc1c(NC(=S)N2c3ccccc3C[C@@H]2C)c(=O)n(-c2ccccc2)n1C. The molecule has 1 N–H and O–H groups in total. The van der Waals surface area contributed by atoms with E-state index >= 15 is 0 Å². The zero-order valence-corrected chi connectivity index (χ0v) is 16.5. The predicted molar refractivity (Wildman–Crippen MR) is 114 cm³/mol. The summed E-state index contributed by atoms with van der Waals surface area (Å²) in [6.45, 7) is 4.07. The van der Waals surface area contributed by atoms with Crippen molar-refractivity contribution in [2.45, 2.75) is 26.3 Å². The molecule has 6 heteroatoms. The topological polar surface area (TPSA) is 42.2 Å². The molecule has 1 atom stereocenters. The Morgan fingerprint density at radius 1 is 1.11 bits per heavy atom. The van der Waals surface area contributed by atoms with Gasteiger partial charge in [-0.3, -0.25) is 9.48 Å². The van der Waals surface area contributed by atoms with Crippen LogP contribution >= 0.6 is 12.2 Å². The molecule has 0 aliphatic carbocycles. The Bertz CT molecular complexity index is 1070. The Kier molecular flexibility index (Phi) is 4.36.